The van der Waals surface area contributed by atoms with Crippen molar-refractivity contribution in [3.8, 4) is 0 Å². The highest BCUT2D eigenvalue weighted by molar-refractivity contribution is 5.88. The summed E-state index contributed by atoms with van der Waals surface area (Å²) in [5.74, 6) is -0.810. The van der Waals surface area contributed by atoms with Crippen LogP contribution in [0.2, 0.25) is 0 Å². The van der Waals surface area contributed by atoms with Gasteiger partial charge < -0.3 is 15.0 Å². The van der Waals surface area contributed by atoms with Gasteiger partial charge in [-0.1, -0.05) is 0 Å². The van der Waals surface area contributed by atoms with E-state index in [9.17, 15) is 13.2 Å². The topological polar surface area (TPSA) is 68.3 Å². The fourth-order valence-electron chi connectivity index (χ4n) is 2.82. The van der Waals surface area contributed by atoms with E-state index in [0.29, 0.717) is 43.9 Å². The number of aromatic nitrogens is 3. The monoisotopic (exact) mass is 329 g/mol. The van der Waals surface area contributed by atoms with E-state index in [2.05, 4.69) is 19.9 Å². The lowest BCUT2D eigenvalue weighted by molar-refractivity contribution is -0.144. The van der Waals surface area contributed by atoms with Crippen molar-refractivity contribution >= 4 is 16.9 Å². The predicted octanol–water partition coefficient (Wildman–Crippen LogP) is 1.40. The molecule has 2 aromatic heterocycles. The molecular weight excluding hydrogens is 311 g/mol. The maximum absolute atomic E-state index is 13.0. The highest BCUT2D eigenvalue weighted by Crippen LogP contribution is 2.32. The highest BCUT2D eigenvalue weighted by atomic mass is 19.4. The third-order valence-electron chi connectivity index (χ3n) is 3.94. The van der Waals surface area contributed by atoms with Crippen molar-refractivity contribution in [1.29, 1.82) is 0 Å². The molecule has 6 nitrogen and oxygen atoms in total. The van der Waals surface area contributed by atoms with E-state index < -0.39 is 12.0 Å². The number of nitrogens with zero attached hydrogens (tertiary/aromatic N) is 4. The zero-order valence-corrected chi connectivity index (χ0v) is 12.7. The summed E-state index contributed by atoms with van der Waals surface area (Å²) in [6, 6.07) is 1.77. The molecule has 3 heterocycles. The van der Waals surface area contributed by atoms with Crippen LogP contribution in [0.3, 0.4) is 0 Å². The molecule has 0 radical (unpaired) electrons. The van der Waals surface area contributed by atoms with Gasteiger partial charge in [-0.3, -0.25) is 4.90 Å². The number of H-pyrrole nitrogens is 1. The Bertz CT molecular complexity index is 692. The number of β-amino-alcohol motifs (C(OH)–C–C–N with tert-alkyl or cyclic N) is 1. The summed E-state index contributed by atoms with van der Waals surface area (Å²) >= 11 is 0. The lowest BCUT2D eigenvalue weighted by Gasteiger charge is -2.35. The number of aliphatic hydroxyl groups is 1. The number of aliphatic hydroxyl groups excluding tert-OH is 1. The van der Waals surface area contributed by atoms with Gasteiger partial charge in [-0.25, -0.2) is 9.97 Å². The number of aromatic amines is 1. The van der Waals surface area contributed by atoms with Crippen molar-refractivity contribution in [2.24, 2.45) is 0 Å². The Morgan fingerprint density at radius 3 is 2.52 bits per heavy atom. The van der Waals surface area contributed by atoms with Gasteiger partial charge >= 0.3 is 6.18 Å². The number of piperazine rings is 1. The molecule has 0 aliphatic carbocycles. The van der Waals surface area contributed by atoms with Crippen LogP contribution in [0.1, 0.15) is 11.5 Å². The van der Waals surface area contributed by atoms with Crippen molar-refractivity contribution in [1.82, 2.24) is 19.9 Å². The first-order chi connectivity index (χ1) is 10.9. The Labute approximate surface area is 130 Å². The molecule has 126 valence electrons. The van der Waals surface area contributed by atoms with E-state index in [1.165, 1.54) is 0 Å². The highest BCUT2D eigenvalue weighted by Gasteiger charge is 2.36. The molecule has 1 fully saturated rings. The molecular formula is C14H18F3N5O. The van der Waals surface area contributed by atoms with Gasteiger partial charge in [0, 0.05) is 38.4 Å². The van der Waals surface area contributed by atoms with Crippen LogP contribution in [0.5, 0.6) is 0 Å². The summed E-state index contributed by atoms with van der Waals surface area (Å²) in [5, 5.41) is 9.57. The first kappa shape index (κ1) is 16.0. The van der Waals surface area contributed by atoms with Crippen LogP contribution in [-0.4, -0.2) is 64.3 Å². The van der Waals surface area contributed by atoms with Crippen LogP contribution in [0.25, 0.3) is 11.0 Å². The van der Waals surface area contributed by atoms with Crippen LogP contribution < -0.4 is 4.90 Å². The average Bonchev–Trinajstić information content (AvgIpc) is 2.86. The van der Waals surface area contributed by atoms with Crippen LogP contribution in [0.4, 0.5) is 19.0 Å². The molecule has 0 unspecified atom stereocenters. The third-order valence-corrected chi connectivity index (χ3v) is 3.94. The fraction of sp³-hybridized carbons (Fsp3) is 0.571. The minimum absolute atomic E-state index is 0.0764. The van der Waals surface area contributed by atoms with Crippen molar-refractivity contribution < 1.29 is 18.3 Å². The quantitative estimate of drug-likeness (QED) is 0.891. The van der Waals surface area contributed by atoms with Crippen LogP contribution >= 0.6 is 0 Å². The van der Waals surface area contributed by atoms with Crippen LogP contribution in [0, 0.1) is 6.92 Å². The molecule has 2 aromatic rings. The lowest BCUT2D eigenvalue weighted by Crippen LogP contribution is -2.47. The molecule has 0 bridgehead atoms. The molecule has 0 spiro atoms. The van der Waals surface area contributed by atoms with E-state index >= 15 is 0 Å². The molecule has 0 aromatic carbocycles. The van der Waals surface area contributed by atoms with Crippen molar-refractivity contribution in [2.45, 2.75) is 13.1 Å². The van der Waals surface area contributed by atoms with Crippen LogP contribution in [0.15, 0.2) is 6.07 Å². The van der Waals surface area contributed by atoms with E-state index in [4.69, 9.17) is 5.11 Å². The molecule has 0 saturated carbocycles. The van der Waals surface area contributed by atoms with E-state index in [-0.39, 0.29) is 12.3 Å². The average molecular weight is 329 g/mol. The second-order valence-electron chi connectivity index (χ2n) is 5.64. The number of nitrogens with one attached hydrogen (secondary N) is 1. The second kappa shape index (κ2) is 5.97. The van der Waals surface area contributed by atoms with Gasteiger partial charge in [0.2, 0.25) is 5.82 Å². The summed E-state index contributed by atoms with van der Waals surface area (Å²) in [6.45, 7) is 4.91. The molecule has 1 aliphatic rings. The maximum Gasteiger partial charge on any atom is 0.451 e. The standard InChI is InChI=1S/C14H18F3N5O/c1-9-8-10-11(18-9)19-13(14(15,16)17)20-12(10)22-4-2-21(3-5-22)6-7-23/h8,23H,2-7H2,1H3,(H,18,19,20). The van der Waals surface area contributed by atoms with Gasteiger partial charge in [-0.15, -0.1) is 0 Å². The molecule has 3 rings (SSSR count). The molecule has 9 heteroatoms. The number of alkyl halides is 3. The SMILES string of the molecule is Cc1cc2c(N3CCN(CCO)CC3)nc(C(F)(F)F)nc2[nH]1. The second-order valence-corrected chi connectivity index (χ2v) is 5.64. The van der Waals surface area contributed by atoms with Crippen LogP contribution in [-0.2, 0) is 6.18 Å². The van der Waals surface area contributed by atoms with Crippen molar-refractivity contribution in [3.63, 3.8) is 0 Å². The Hall–Kier alpha value is -1.87. The first-order valence-electron chi connectivity index (χ1n) is 7.41. The van der Waals surface area contributed by atoms with Gasteiger partial charge in [0.25, 0.3) is 0 Å². The Morgan fingerprint density at radius 1 is 1.22 bits per heavy atom. The van der Waals surface area contributed by atoms with Gasteiger partial charge in [-0.05, 0) is 13.0 Å². The van der Waals surface area contributed by atoms with E-state index in [1.807, 2.05) is 4.90 Å². The maximum atomic E-state index is 13.0. The molecule has 1 saturated heterocycles. The first-order valence-corrected chi connectivity index (χ1v) is 7.41. The smallest absolute Gasteiger partial charge is 0.395 e. The minimum Gasteiger partial charge on any atom is -0.395 e. The molecule has 1 aliphatic heterocycles. The lowest BCUT2D eigenvalue weighted by atomic mass is 10.2. The number of rotatable bonds is 3. The normalized spacial score (nSPS) is 17.2. The van der Waals surface area contributed by atoms with Gasteiger partial charge in [0.05, 0.1) is 12.0 Å². The van der Waals surface area contributed by atoms with Crippen molar-refractivity contribution in [2.75, 3.05) is 44.2 Å². The Kier molecular flexibility index (Phi) is 4.15. The predicted molar refractivity (Wildman–Crippen MR) is 79.4 cm³/mol. The van der Waals surface area contributed by atoms with Gasteiger partial charge in [0.1, 0.15) is 11.5 Å². The van der Waals surface area contributed by atoms with E-state index in [0.717, 1.165) is 5.69 Å². The Morgan fingerprint density at radius 2 is 1.91 bits per heavy atom. The number of hydrogen-bond acceptors (Lipinski definition) is 5. The number of fused-ring (bicyclic) bond motifs is 1. The van der Waals surface area contributed by atoms with E-state index in [1.54, 1.807) is 13.0 Å². The zero-order chi connectivity index (χ0) is 16.6. The summed E-state index contributed by atoms with van der Waals surface area (Å²) in [7, 11) is 0. The fourth-order valence-corrected chi connectivity index (χ4v) is 2.82. The van der Waals surface area contributed by atoms with Gasteiger partial charge in [-0.2, -0.15) is 13.2 Å². The molecule has 23 heavy (non-hydrogen) atoms. The largest absolute Gasteiger partial charge is 0.451 e. The number of aryl methyl sites for hydroxylation is 1. The third kappa shape index (κ3) is 3.25. The number of halogens is 3. The summed E-state index contributed by atoms with van der Waals surface area (Å²) in [4.78, 5) is 14.2. The molecule has 0 atom stereocenters. The van der Waals surface area contributed by atoms with Crippen molar-refractivity contribution in [3.05, 3.63) is 17.6 Å². The molecule has 0 amide bonds. The summed E-state index contributed by atoms with van der Waals surface area (Å²) in [5.41, 5.74) is 0.950. The number of hydrogen-bond donors (Lipinski definition) is 2. The van der Waals surface area contributed by atoms with Gasteiger partial charge in [0.15, 0.2) is 0 Å². The zero-order valence-electron chi connectivity index (χ0n) is 12.7. The number of anilines is 1. The summed E-state index contributed by atoms with van der Waals surface area (Å²) < 4.78 is 39.1. The minimum atomic E-state index is -4.58. The summed E-state index contributed by atoms with van der Waals surface area (Å²) in [6.07, 6.45) is -4.58. The molecule has 2 N–H and O–H groups in total. The Balaban J connectivity index is 1.96.